The maximum atomic E-state index is 13.0. The van der Waals surface area contributed by atoms with Crippen molar-refractivity contribution < 1.29 is 13.6 Å². The normalized spacial score (nSPS) is 10.1. The van der Waals surface area contributed by atoms with Crippen molar-refractivity contribution in [2.24, 2.45) is 0 Å². The molecule has 2 aromatic rings. The van der Waals surface area contributed by atoms with Crippen LogP contribution in [0.1, 0.15) is 6.42 Å². The van der Waals surface area contributed by atoms with Crippen molar-refractivity contribution in [3.05, 3.63) is 60.2 Å². The molecule has 0 aromatic heterocycles. The first-order chi connectivity index (χ1) is 9.65. The van der Waals surface area contributed by atoms with Crippen LogP contribution in [0.3, 0.4) is 0 Å². The molecule has 0 radical (unpaired) electrons. The Bertz CT molecular complexity index is 588. The summed E-state index contributed by atoms with van der Waals surface area (Å²) in [6.45, 7) is 0.458. The molecule has 0 bridgehead atoms. The zero-order valence-corrected chi connectivity index (χ0v) is 10.7. The molecule has 0 aliphatic heterocycles. The first-order valence-corrected chi connectivity index (χ1v) is 6.19. The molecule has 0 unspecified atom stereocenters. The van der Waals surface area contributed by atoms with Crippen LogP contribution in [0, 0.1) is 11.6 Å². The van der Waals surface area contributed by atoms with Crippen LogP contribution in [0.25, 0.3) is 0 Å². The van der Waals surface area contributed by atoms with Gasteiger partial charge in [-0.1, -0.05) is 18.2 Å². The van der Waals surface area contributed by atoms with Gasteiger partial charge in [0.25, 0.3) is 0 Å². The molecule has 20 heavy (non-hydrogen) atoms. The fraction of sp³-hybridized carbons (Fsp3) is 0.133. The van der Waals surface area contributed by atoms with Gasteiger partial charge in [-0.25, -0.2) is 8.78 Å². The Morgan fingerprint density at radius 1 is 0.950 bits per heavy atom. The van der Waals surface area contributed by atoms with E-state index in [4.69, 9.17) is 0 Å². The maximum Gasteiger partial charge on any atom is 0.226 e. The van der Waals surface area contributed by atoms with Crippen molar-refractivity contribution in [1.82, 2.24) is 0 Å². The van der Waals surface area contributed by atoms with Crippen LogP contribution < -0.4 is 10.6 Å². The lowest BCUT2D eigenvalue weighted by molar-refractivity contribution is -0.115. The van der Waals surface area contributed by atoms with Gasteiger partial charge in [0.15, 0.2) is 11.6 Å². The zero-order chi connectivity index (χ0) is 14.4. The van der Waals surface area contributed by atoms with Gasteiger partial charge >= 0.3 is 0 Å². The summed E-state index contributed by atoms with van der Waals surface area (Å²) in [4.78, 5) is 11.6. The highest BCUT2D eigenvalue weighted by molar-refractivity contribution is 5.90. The molecule has 0 aliphatic carbocycles. The Morgan fingerprint density at radius 2 is 1.70 bits per heavy atom. The van der Waals surface area contributed by atoms with E-state index >= 15 is 0 Å². The number of carbonyl (C=O) groups excluding carboxylic acids is 1. The lowest BCUT2D eigenvalue weighted by Crippen LogP contribution is -2.16. The van der Waals surface area contributed by atoms with E-state index in [1.54, 1.807) is 0 Å². The number of para-hydroxylation sites is 1. The minimum Gasteiger partial charge on any atom is -0.385 e. The van der Waals surface area contributed by atoms with Crippen molar-refractivity contribution >= 4 is 17.3 Å². The van der Waals surface area contributed by atoms with Gasteiger partial charge in [0.2, 0.25) is 5.91 Å². The largest absolute Gasteiger partial charge is 0.385 e. The maximum absolute atomic E-state index is 13.0. The Hall–Kier alpha value is -2.43. The highest BCUT2D eigenvalue weighted by Crippen LogP contribution is 2.13. The molecule has 0 heterocycles. The average molecular weight is 276 g/mol. The predicted molar refractivity (Wildman–Crippen MR) is 74.5 cm³/mol. The molecular formula is C15H14F2N2O. The van der Waals surface area contributed by atoms with E-state index in [1.165, 1.54) is 6.07 Å². The first-order valence-electron chi connectivity index (χ1n) is 6.19. The van der Waals surface area contributed by atoms with Gasteiger partial charge in [-0.3, -0.25) is 4.79 Å². The van der Waals surface area contributed by atoms with Gasteiger partial charge in [0.1, 0.15) is 0 Å². The number of halogens is 2. The number of hydrogen-bond acceptors (Lipinski definition) is 2. The smallest absolute Gasteiger partial charge is 0.226 e. The molecule has 0 aliphatic rings. The Balaban J connectivity index is 1.79. The summed E-state index contributed by atoms with van der Waals surface area (Å²) >= 11 is 0. The standard InChI is InChI=1S/C15H14F2N2O/c16-13-7-6-12(10-14(13)17)19-15(20)8-9-18-11-4-2-1-3-5-11/h1-7,10,18H,8-9H2,(H,19,20). The van der Waals surface area contributed by atoms with Crippen LogP contribution in [0.15, 0.2) is 48.5 Å². The third kappa shape index (κ3) is 4.05. The van der Waals surface area contributed by atoms with E-state index in [9.17, 15) is 13.6 Å². The summed E-state index contributed by atoms with van der Waals surface area (Å²) in [5.41, 5.74) is 1.17. The Labute approximate surface area is 115 Å². The summed E-state index contributed by atoms with van der Waals surface area (Å²) in [6, 6.07) is 12.7. The predicted octanol–water partition coefficient (Wildman–Crippen LogP) is 3.41. The molecule has 3 nitrogen and oxygen atoms in total. The third-order valence-corrected chi connectivity index (χ3v) is 2.66. The van der Waals surface area contributed by atoms with Gasteiger partial charge in [-0.15, -0.1) is 0 Å². The van der Waals surface area contributed by atoms with Gasteiger partial charge in [-0.05, 0) is 24.3 Å². The fourth-order valence-electron chi connectivity index (χ4n) is 1.67. The molecule has 0 saturated carbocycles. The summed E-state index contributed by atoms with van der Waals surface area (Å²) < 4.78 is 25.7. The Kier molecular flexibility index (Phi) is 4.65. The highest BCUT2D eigenvalue weighted by Gasteiger charge is 2.06. The van der Waals surface area contributed by atoms with Gasteiger partial charge in [0, 0.05) is 30.4 Å². The molecule has 2 rings (SSSR count). The molecule has 1 amide bonds. The second kappa shape index (κ2) is 6.65. The van der Waals surface area contributed by atoms with Gasteiger partial charge in [-0.2, -0.15) is 0 Å². The molecule has 2 aromatic carbocycles. The lowest BCUT2D eigenvalue weighted by atomic mass is 10.2. The second-order valence-corrected chi connectivity index (χ2v) is 4.22. The minimum atomic E-state index is -0.981. The van der Waals surface area contributed by atoms with E-state index in [0.29, 0.717) is 6.54 Å². The molecule has 0 fully saturated rings. The molecule has 104 valence electrons. The third-order valence-electron chi connectivity index (χ3n) is 2.66. The van der Waals surface area contributed by atoms with Crippen molar-refractivity contribution in [2.75, 3.05) is 17.2 Å². The topological polar surface area (TPSA) is 41.1 Å². The molecule has 0 spiro atoms. The first kappa shape index (κ1) is 14.0. The monoisotopic (exact) mass is 276 g/mol. The fourth-order valence-corrected chi connectivity index (χ4v) is 1.67. The minimum absolute atomic E-state index is 0.230. The van der Waals surface area contributed by atoms with Crippen LogP contribution >= 0.6 is 0 Å². The quantitative estimate of drug-likeness (QED) is 0.878. The summed E-state index contributed by atoms with van der Waals surface area (Å²) in [5, 5.41) is 5.60. The average Bonchev–Trinajstić information content (AvgIpc) is 2.44. The molecule has 2 N–H and O–H groups in total. The number of hydrogen-bond donors (Lipinski definition) is 2. The van der Waals surface area contributed by atoms with E-state index in [2.05, 4.69) is 10.6 Å². The summed E-state index contributed by atoms with van der Waals surface area (Å²) in [7, 11) is 0. The zero-order valence-electron chi connectivity index (χ0n) is 10.7. The number of benzene rings is 2. The van der Waals surface area contributed by atoms with E-state index < -0.39 is 11.6 Å². The van der Waals surface area contributed by atoms with Crippen molar-refractivity contribution in [3.8, 4) is 0 Å². The van der Waals surface area contributed by atoms with Crippen molar-refractivity contribution in [1.29, 1.82) is 0 Å². The van der Waals surface area contributed by atoms with Crippen LogP contribution in [-0.2, 0) is 4.79 Å². The molecule has 0 saturated heterocycles. The van der Waals surface area contributed by atoms with Crippen LogP contribution in [-0.4, -0.2) is 12.5 Å². The Morgan fingerprint density at radius 3 is 2.40 bits per heavy atom. The number of rotatable bonds is 5. The molecular weight excluding hydrogens is 262 g/mol. The molecule has 5 heteroatoms. The van der Waals surface area contributed by atoms with E-state index in [0.717, 1.165) is 17.8 Å². The van der Waals surface area contributed by atoms with Crippen LogP contribution in [0.5, 0.6) is 0 Å². The number of nitrogens with one attached hydrogen (secondary N) is 2. The number of carbonyl (C=O) groups is 1. The van der Waals surface area contributed by atoms with Crippen molar-refractivity contribution in [3.63, 3.8) is 0 Å². The van der Waals surface area contributed by atoms with Crippen LogP contribution in [0.4, 0.5) is 20.2 Å². The summed E-state index contributed by atoms with van der Waals surface area (Å²) in [6.07, 6.45) is 0.230. The van der Waals surface area contributed by atoms with Gasteiger partial charge in [0.05, 0.1) is 0 Å². The number of amides is 1. The van der Waals surface area contributed by atoms with E-state index in [-0.39, 0.29) is 18.0 Å². The number of anilines is 2. The van der Waals surface area contributed by atoms with E-state index in [1.807, 2.05) is 30.3 Å². The highest BCUT2D eigenvalue weighted by atomic mass is 19.2. The SMILES string of the molecule is O=C(CCNc1ccccc1)Nc1ccc(F)c(F)c1. The van der Waals surface area contributed by atoms with Crippen molar-refractivity contribution in [2.45, 2.75) is 6.42 Å². The lowest BCUT2D eigenvalue weighted by Gasteiger charge is -2.07. The summed E-state index contributed by atoms with van der Waals surface area (Å²) in [5.74, 6) is -2.18. The molecule has 0 atom stereocenters. The van der Waals surface area contributed by atoms with Crippen LogP contribution in [0.2, 0.25) is 0 Å². The second-order valence-electron chi connectivity index (χ2n) is 4.22. The van der Waals surface area contributed by atoms with Gasteiger partial charge < -0.3 is 10.6 Å².